The fourth-order valence-corrected chi connectivity index (χ4v) is 1.29. The Hall–Kier alpha value is -2.11. The Kier molecular flexibility index (Phi) is 3.44. The summed E-state index contributed by atoms with van der Waals surface area (Å²) in [6.45, 7) is 3.23. The number of carbonyl (C=O) groups is 1. The fourth-order valence-electron chi connectivity index (χ4n) is 1.29. The smallest absolute Gasteiger partial charge is 0.338 e. The molecule has 6 heteroatoms. The zero-order valence-corrected chi connectivity index (χ0v) is 8.89. The van der Waals surface area contributed by atoms with Crippen LogP contribution in [0.3, 0.4) is 0 Å². The number of nitrogens with zero attached hydrogens (tertiary/aromatic N) is 1. The summed E-state index contributed by atoms with van der Waals surface area (Å²) >= 11 is 0. The van der Waals surface area contributed by atoms with Gasteiger partial charge in [0.15, 0.2) is 0 Å². The van der Waals surface area contributed by atoms with Crippen LogP contribution in [0.4, 0.5) is 5.69 Å². The third-order valence-electron chi connectivity index (χ3n) is 2.06. The highest BCUT2D eigenvalue weighted by atomic mass is 16.6. The van der Waals surface area contributed by atoms with Gasteiger partial charge in [-0.15, -0.1) is 0 Å². The summed E-state index contributed by atoms with van der Waals surface area (Å²) in [5.41, 5.74) is -0.113. The Morgan fingerprint density at radius 1 is 1.56 bits per heavy atom. The average Bonchev–Trinajstić information content (AvgIpc) is 2.20. The van der Waals surface area contributed by atoms with Crippen molar-refractivity contribution in [3.63, 3.8) is 0 Å². The van der Waals surface area contributed by atoms with Crippen molar-refractivity contribution in [1.29, 1.82) is 0 Å². The van der Waals surface area contributed by atoms with Crippen molar-refractivity contribution in [2.45, 2.75) is 13.8 Å². The maximum atomic E-state index is 11.4. The van der Waals surface area contributed by atoms with Crippen LogP contribution in [0.15, 0.2) is 12.1 Å². The topological polar surface area (TPSA) is 89.7 Å². The predicted octanol–water partition coefficient (Wildman–Crippen LogP) is 1.79. The monoisotopic (exact) mass is 225 g/mol. The summed E-state index contributed by atoms with van der Waals surface area (Å²) in [7, 11) is 0. The fraction of sp³-hybridized carbons (Fsp3) is 0.300. The number of phenolic OH excluding ortho intramolecular Hbond substituents is 1. The summed E-state index contributed by atoms with van der Waals surface area (Å²) in [4.78, 5) is 21.4. The first kappa shape index (κ1) is 12.0. The number of esters is 1. The minimum absolute atomic E-state index is 0.00792. The van der Waals surface area contributed by atoms with Crippen LogP contribution in [-0.2, 0) is 4.74 Å². The van der Waals surface area contributed by atoms with E-state index in [-0.39, 0.29) is 29.2 Å². The number of phenols is 1. The molecule has 16 heavy (non-hydrogen) atoms. The lowest BCUT2D eigenvalue weighted by Crippen LogP contribution is -2.08. The molecule has 86 valence electrons. The Bertz CT molecular complexity index is 441. The van der Waals surface area contributed by atoms with Crippen LogP contribution in [0.25, 0.3) is 0 Å². The molecule has 1 rings (SSSR count). The van der Waals surface area contributed by atoms with E-state index in [2.05, 4.69) is 0 Å². The van der Waals surface area contributed by atoms with Crippen molar-refractivity contribution in [2.24, 2.45) is 0 Å². The Morgan fingerprint density at radius 3 is 2.69 bits per heavy atom. The summed E-state index contributed by atoms with van der Waals surface area (Å²) in [6.07, 6.45) is 0. The van der Waals surface area contributed by atoms with E-state index in [1.54, 1.807) is 6.92 Å². The molecule has 0 unspecified atom stereocenters. The number of nitro groups is 1. The van der Waals surface area contributed by atoms with Crippen molar-refractivity contribution in [1.82, 2.24) is 0 Å². The number of hydrogen-bond donors (Lipinski definition) is 1. The van der Waals surface area contributed by atoms with Gasteiger partial charge < -0.3 is 9.84 Å². The molecule has 0 aliphatic rings. The minimum Gasteiger partial charge on any atom is -0.508 e. The normalized spacial score (nSPS) is 9.88. The molecule has 6 nitrogen and oxygen atoms in total. The number of nitro benzene ring substituents is 1. The molecule has 0 spiro atoms. The summed E-state index contributed by atoms with van der Waals surface area (Å²) in [5.74, 6) is -1.01. The predicted molar refractivity (Wildman–Crippen MR) is 55.5 cm³/mol. The van der Waals surface area contributed by atoms with E-state index < -0.39 is 10.9 Å². The van der Waals surface area contributed by atoms with Crippen LogP contribution >= 0.6 is 0 Å². The van der Waals surface area contributed by atoms with Crippen LogP contribution in [0.1, 0.15) is 22.8 Å². The van der Waals surface area contributed by atoms with Crippen molar-refractivity contribution in [2.75, 3.05) is 6.61 Å². The highest BCUT2D eigenvalue weighted by Gasteiger charge is 2.20. The minimum atomic E-state index is -0.681. The quantitative estimate of drug-likeness (QED) is 0.481. The largest absolute Gasteiger partial charge is 0.508 e. The summed E-state index contributed by atoms with van der Waals surface area (Å²) in [5, 5.41) is 19.9. The molecule has 0 aliphatic carbocycles. The number of ether oxygens (including phenoxy) is 1. The van der Waals surface area contributed by atoms with Crippen LogP contribution in [0.5, 0.6) is 5.75 Å². The lowest BCUT2D eigenvalue weighted by Gasteiger charge is -2.06. The molecular weight excluding hydrogens is 214 g/mol. The second-order valence-corrected chi connectivity index (χ2v) is 3.12. The first-order chi connectivity index (χ1) is 7.47. The van der Waals surface area contributed by atoms with Gasteiger partial charge in [-0.3, -0.25) is 10.1 Å². The number of carbonyl (C=O) groups excluding carboxylic acids is 1. The first-order valence-electron chi connectivity index (χ1n) is 4.62. The molecule has 0 saturated heterocycles. The molecule has 0 heterocycles. The maximum absolute atomic E-state index is 11.4. The Balaban J connectivity index is 3.29. The lowest BCUT2D eigenvalue weighted by molar-refractivity contribution is -0.385. The van der Waals surface area contributed by atoms with Gasteiger partial charge in [0, 0.05) is 5.56 Å². The van der Waals surface area contributed by atoms with Gasteiger partial charge in [0.05, 0.1) is 23.2 Å². The molecule has 0 atom stereocenters. The van der Waals surface area contributed by atoms with Gasteiger partial charge in [0.2, 0.25) is 0 Å². The molecular formula is C10H11NO5. The van der Waals surface area contributed by atoms with E-state index in [4.69, 9.17) is 4.74 Å². The summed E-state index contributed by atoms with van der Waals surface area (Å²) < 4.78 is 4.73. The van der Waals surface area contributed by atoms with E-state index in [1.807, 2.05) is 0 Å². The van der Waals surface area contributed by atoms with Gasteiger partial charge in [-0.2, -0.15) is 0 Å². The molecule has 1 N–H and O–H groups in total. The third kappa shape index (κ3) is 2.28. The lowest BCUT2D eigenvalue weighted by atomic mass is 10.1. The SMILES string of the molecule is CCOC(=O)c1cc(O)cc([N+](=O)[O-])c1C. The second kappa shape index (κ2) is 4.61. The van der Waals surface area contributed by atoms with E-state index in [1.165, 1.54) is 6.92 Å². The van der Waals surface area contributed by atoms with Crippen molar-refractivity contribution in [3.8, 4) is 5.75 Å². The van der Waals surface area contributed by atoms with Crippen LogP contribution in [0, 0.1) is 17.0 Å². The molecule has 1 aromatic carbocycles. The van der Waals surface area contributed by atoms with Gasteiger partial charge >= 0.3 is 5.97 Å². The zero-order valence-electron chi connectivity index (χ0n) is 8.89. The van der Waals surface area contributed by atoms with Gasteiger partial charge in [0.25, 0.3) is 5.69 Å². The highest BCUT2D eigenvalue weighted by Crippen LogP contribution is 2.27. The number of hydrogen-bond acceptors (Lipinski definition) is 5. The van der Waals surface area contributed by atoms with Crippen molar-refractivity contribution >= 4 is 11.7 Å². The van der Waals surface area contributed by atoms with Crippen molar-refractivity contribution < 1.29 is 19.6 Å². The van der Waals surface area contributed by atoms with Crippen LogP contribution in [0.2, 0.25) is 0 Å². The highest BCUT2D eigenvalue weighted by molar-refractivity contribution is 5.92. The molecule has 1 aromatic rings. The Labute approximate surface area is 91.6 Å². The van der Waals surface area contributed by atoms with Gasteiger partial charge in [0.1, 0.15) is 5.75 Å². The van der Waals surface area contributed by atoms with Crippen LogP contribution in [-0.4, -0.2) is 22.6 Å². The maximum Gasteiger partial charge on any atom is 0.338 e. The molecule has 0 radical (unpaired) electrons. The molecule has 0 aromatic heterocycles. The number of rotatable bonds is 3. The van der Waals surface area contributed by atoms with Crippen LogP contribution < -0.4 is 0 Å². The molecule has 0 saturated carbocycles. The van der Waals surface area contributed by atoms with Crippen molar-refractivity contribution in [3.05, 3.63) is 33.4 Å². The molecule has 0 aliphatic heterocycles. The summed E-state index contributed by atoms with van der Waals surface area (Å²) in [6, 6.07) is 2.15. The van der Waals surface area contributed by atoms with E-state index in [0.717, 1.165) is 12.1 Å². The van der Waals surface area contributed by atoms with Gasteiger partial charge in [-0.25, -0.2) is 4.79 Å². The van der Waals surface area contributed by atoms with E-state index >= 15 is 0 Å². The molecule has 0 fully saturated rings. The number of aromatic hydroxyl groups is 1. The third-order valence-corrected chi connectivity index (χ3v) is 2.06. The Morgan fingerprint density at radius 2 is 2.19 bits per heavy atom. The molecule has 0 amide bonds. The van der Waals surface area contributed by atoms with Gasteiger partial charge in [-0.1, -0.05) is 0 Å². The second-order valence-electron chi connectivity index (χ2n) is 3.12. The van der Waals surface area contributed by atoms with E-state index in [9.17, 15) is 20.0 Å². The number of benzene rings is 1. The van der Waals surface area contributed by atoms with Gasteiger partial charge in [-0.05, 0) is 19.9 Å². The zero-order chi connectivity index (χ0) is 12.3. The molecule has 0 bridgehead atoms. The first-order valence-corrected chi connectivity index (χ1v) is 4.62. The van der Waals surface area contributed by atoms with E-state index in [0.29, 0.717) is 0 Å². The average molecular weight is 225 g/mol. The standard InChI is InChI=1S/C10H11NO5/c1-3-16-10(13)8-4-7(12)5-9(6(8)2)11(14)15/h4-5,12H,3H2,1-2H3.